The number of amides is 2. The van der Waals surface area contributed by atoms with E-state index in [-0.39, 0.29) is 17.2 Å². The van der Waals surface area contributed by atoms with E-state index < -0.39 is 0 Å². The molecule has 0 saturated carbocycles. The highest BCUT2D eigenvalue weighted by atomic mass is 16.2. The molecule has 1 aromatic rings. The van der Waals surface area contributed by atoms with Crippen LogP contribution in [-0.2, 0) is 0 Å². The number of aryl methyl sites for hydroxylation is 1. The Bertz CT molecular complexity index is 574. The summed E-state index contributed by atoms with van der Waals surface area (Å²) in [5.41, 5.74) is 2.10. The summed E-state index contributed by atoms with van der Waals surface area (Å²) < 4.78 is 0. The SMILES string of the molecule is Cc1ccc2c(c1)C(=O)N(CC1(C)CCCNC1)C2=O. The molecule has 1 N–H and O–H groups in total. The van der Waals surface area contributed by atoms with Crippen LogP contribution < -0.4 is 5.32 Å². The number of fused-ring (bicyclic) bond motifs is 1. The summed E-state index contributed by atoms with van der Waals surface area (Å²) in [6.07, 6.45) is 2.14. The van der Waals surface area contributed by atoms with Gasteiger partial charge in [-0.3, -0.25) is 14.5 Å². The lowest BCUT2D eigenvalue weighted by atomic mass is 9.82. The van der Waals surface area contributed by atoms with Crippen molar-refractivity contribution in [2.75, 3.05) is 19.6 Å². The zero-order valence-corrected chi connectivity index (χ0v) is 12.0. The summed E-state index contributed by atoms with van der Waals surface area (Å²) in [6.45, 7) is 6.47. The third-order valence-corrected chi connectivity index (χ3v) is 4.35. The maximum atomic E-state index is 12.5. The molecule has 1 aromatic carbocycles. The minimum atomic E-state index is -0.142. The van der Waals surface area contributed by atoms with Crippen LogP contribution in [0.4, 0.5) is 0 Å². The van der Waals surface area contributed by atoms with E-state index in [2.05, 4.69) is 12.2 Å². The Morgan fingerprint density at radius 1 is 1.25 bits per heavy atom. The van der Waals surface area contributed by atoms with Crippen LogP contribution >= 0.6 is 0 Å². The first kappa shape index (κ1) is 13.3. The van der Waals surface area contributed by atoms with E-state index in [0.29, 0.717) is 17.7 Å². The maximum absolute atomic E-state index is 12.5. The Hall–Kier alpha value is -1.68. The predicted molar refractivity (Wildman–Crippen MR) is 76.8 cm³/mol. The quantitative estimate of drug-likeness (QED) is 0.838. The molecule has 106 valence electrons. The van der Waals surface area contributed by atoms with E-state index in [0.717, 1.165) is 31.5 Å². The lowest BCUT2D eigenvalue weighted by Gasteiger charge is -2.36. The molecule has 0 radical (unpaired) electrons. The first-order valence-electron chi connectivity index (χ1n) is 7.18. The molecule has 0 spiro atoms. The molecule has 1 fully saturated rings. The van der Waals surface area contributed by atoms with Crippen molar-refractivity contribution in [3.63, 3.8) is 0 Å². The van der Waals surface area contributed by atoms with Gasteiger partial charge in [0, 0.05) is 13.1 Å². The molecular weight excluding hydrogens is 252 g/mol. The van der Waals surface area contributed by atoms with Gasteiger partial charge in [-0.15, -0.1) is 0 Å². The third kappa shape index (κ3) is 2.14. The Kier molecular flexibility index (Phi) is 3.13. The molecule has 2 aliphatic heterocycles. The van der Waals surface area contributed by atoms with E-state index in [1.807, 2.05) is 19.1 Å². The fourth-order valence-corrected chi connectivity index (χ4v) is 3.18. The number of rotatable bonds is 2. The van der Waals surface area contributed by atoms with Crippen molar-refractivity contribution in [2.45, 2.75) is 26.7 Å². The smallest absolute Gasteiger partial charge is 0.261 e. The fraction of sp³-hybridized carbons (Fsp3) is 0.500. The van der Waals surface area contributed by atoms with Gasteiger partial charge in [0.25, 0.3) is 11.8 Å². The fourth-order valence-electron chi connectivity index (χ4n) is 3.18. The van der Waals surface area contributed by atoms with Crippen molar-refractivity contribution < 1.29 is 9.59 Å². The molecule has 4 heteroatoms. The van der Waals surface area contributed by atoms with Gasteiger partial charge in [0.2, 0.25) is 0 Å². The molecule has 0 aromatic heterocycles. The number of nitrogens with one attached hydrogen (secondary N) is 1. The van der Waals surface area contributed by atoms with Gasteiger partial charge in [0.05, 0.1) is 11.1 Å². The summed E-state index contributed by atoms with van der Waals surface area (Å²) in [7, 11) is 0. The molecule has 2 aliphatic rings. The van der Waals surface area contributed by atoms with Crippen molar-refractivity contribution in [2.24, 2.45) is 5.41 Å². The summed E-state index contributed by atoms with van der Waals surface area (Å²) in [6, 6.07) is 5.47. The monoisotopic (exact) mass is 272 g/mol. The Morgan fingerprint density at radius 2 is 2.00 bits per heavy atom. The minimum absolute atomic E-state index is 0.0132. The zero-order valence-electron chi connectivity index (χ0n) is 12.0. The lowest BCUT2D eigenvalue weighted by molar-refractivity contribution is 0.0555. The normalized spacial score (nSPS) is 26.0. The Morgan fingerprint density at radius 3 is 2.70 bits per heavy atom. The van der Waals surface area contributed by atoms with Crippen LogP contribution in [0.3, 0.4) is 0 Å². The number of hydrogen-bond acceptors (Lipinski definition) is 3. The highest BCUT2D eigenvalue weighted by Crippen LogP contribution is 2.31. The van der Waals surface area contributed by atoms with Crippen molar-refractivity contribution in [3.05, 3.63) is 34.9 Å². The lowest BCUT2D eigenvalue weighted by Crippen LogP contribution is -2.47. The van der Waals surface area contributed by atoms with Gasteiger partial charge in [-0.2, -0.15) is 0 Å². The third-order valence-electron chi connectivity index (χ3n) is 4.35. The maximum Gasteiger partial charge on any atom is 0.261 e. The number of piperidine rings is 1. The van der Waals surface area contributed by atoms with Gasteiger partial charge >= 0.3 is 0 Å². The number of nitrogens with zero attached hydrogens (tertiary/aromatic N) is 1. The highest BCUT2D eigenvalue weighted by Gasteiger charge is 2.40. The van der Waals surface area contributed by atoms with Crippen molar-refractivity contribution in [3.8, 4) is 0 Å². The van der Waals surface area contributed by atoms with Crippen LogP contribution in [-0.4, -0.2) is 36.3 Å². The van der Waals surface area contributed by atoms with E-state index in [4.69, 9.17) is 0 Å². The van der Waals surface area contributed by atoms with E-state index in [1.165, 1.54) is 4.90 Å². The van der Waals surface area contributed by atoms with Gasteiger partial charge < -0.3 is 5.32 Å². The predicted octanol–water partition coefficient (Wildman–Crippen LogP) is 1.98. The zero-order chi connectivity index (χ0) is 14.3. The second-order valence-electron chi connectivity index (χ2n) is 6.34. The summed E-state index contributed by atoms with van der Waals surface area (Å²) in [5, 5.41) is 3.36. The number of imide groups is 1. The van der Waals surface area contributed by atoms with Crippen LogP contribution in [0.25, 0.3) is 0 Å². The van der Waals surface area contributed by atoms with Crippen molar-refractivity contribution >= 4 is 11.8 Å². The topological polar surface area (TPSA) is 49.4 Å². The van der Waals surface area contributed by atoms with Crippen LogP contribution in [0.15, 0.2) is 18.2 Å². The van der Waals surface area contributed by atoms with Gasteiger partial charge in [0.1, 0.15) is 0 Å². The average Bonchev–Trinajstić information content (AvgIpc) is 2.64. The van der Waals surface area contributed by atoms with Crippen LogP contribution in [0.1, 0.15) is 46.0 Å². The van der Waals surface area contributed by atoms with Crippen molar-refractivity contribution in [1.29, 1.82) is 0 Å². The first-order valence-corrected chi connectivity index (χ1v) is 7.18. The van der Waals surface area contributed by atoms with Gasteiger partial charge in [-0.05, 0) is 43.9 Å². The molecule has 3 rings (SSSR count). The first-order chi connectivity index (χ1) is 9.50. The minimum Gasteiger partial charge on any atom is -0.316 e. The average molecular weight is 272 g/mol. The molecule has 0 aliphatic carbocycles. The van der Waals surface area contributed by atoms with Gasteiger partial charge in [-0.1, -0.05) is 18.6 Å². The standard InChI is InChI=1S/C16H20N2O2/c1-11-4-5-12-13(8-11)15(20)18(14(12)19)10-16(2)6-3-7-17-9-16/h4-5,8,17H,3,6-7,9-10H2,1-2H3. The van der Waals surface area contributed by atoms with Crippen LogP contribution in [0.5, 0.6) is 0 Å². The largest absolute Gasteiger partial charge is 0.316 e. The van der Waals surface area contributed by atoms with E-state index in [9.17, 15) is 9.59 Å². The van der Waals surface area contributed by atoms with Crippen LogP contribution in [0, 0.1) is 12.3 Å². The summed E-state index contributed by atoms with van der Waals surface area (Å²) in [4.78, 5) is 26.3. The summed E-state index contributed by atoms with van der Waals surface area (Å²) >= 11 is 0. The molecule has 1 unspecified atom stereocenters. The van der Waals surface area contributed by atoms with E-state index >= 15 is 0 Å². The molecule has 1 saturated heterocycles. The van der Waals surface area contributed by atoms with Crippen molar-refractivity contribution in [1.82, 2.24) is 10.2 Å². The molecule has 4 nitrogen and oxygen atoms in total. The van der Waals surface area contributed by atoms with Gasteiger partial charge in [-0.25, -0.2) is 0 Å². The molecule has 2 heterocycles. The highest BCUT2D eigenvalue weighted by molar-refractivity contribution is 6.21. The number of carbonyl (C=O) groups is 2. The number of carbonyl (C=O) groups excluding carboxylic acids is 2. The summed E-state index contributed by atoms with van der Waals surface area (Å²) in [5.74, 6) is -0.280. The van der Waals surface area contributed by atoms with Crippen LogP contribution in [0.2, 0.25) is 0 Å². The second-order valence-corrected chi connectivity index (χ2v) is 6.34. The molecular formula is C16H20N2O2. The Labute approximate surface area is 119 Å². The second kappa shape index (κ2) is 4.70. The molecule has 0 bridgehead atoms. The molecule has 1 atom stereocenters. The number of hydrogen-bond donors (Lipinski definition) is 1. The molecule has 20 heavy (non-hydrogen) atoms. The molecule has 2 amide bonds. The number of benzene rings is 1. The Balaban J connectivity index is 1.86. The van der Waals surface area contributed by atoms with Gasteiger partial charge in [0.15, 0.2) is 0 Å². The van der Waals surface area contributed by atoms with E-state index in [1.54, 1.807) is 6.07 Å².